The fourth-order valence-corrected chi connectivity index (χ4v) is 3.84. The molecule has 0 amide bonds. The highest BCUT2D eigenvalue weighted by molar-refractivity contribution is 5.92. The number of nitrogens with one attached hydrogen (secondary N) is 1. The minimum Gasteiger partial charge on any atom is -0.459 e. The molecule has 1 N–H and O–H groups in total. The summed E-state index contributed by atoms with van der Waals surface area (Å²) in [7, 11) is 0. The van der Waals surface area contributed by atoms with E-state index in [0.717, 1.165) is 25.7 Å². The molecule has 1 aromatic carbocycles. The van der Waals surface area contributed by atoms with Gasteiger partial charge < -0.3 is 10.1 Å². The molecule has 2 aliphatic rings. The Morgan fingerprint density at radius 1 is 1.25 bits per heavy atom. The number of non-ortho nitro benzene ring substituents is 1. The lowest BCUT2D eigenvalue weighted by atomic mass is 9.94. The fourth-order valence-electron chi connectivity index (χ4n) is 3.84. The Morgan fingerprint density at radius 3 is 2.64 bits per heavy atom. The maximum atomic E-state index is 13.1. The van der Waals surface area contributed by atoms with Gasteiger partial charge in [-0.15, -0.1) is 0 Å². The van der Waals surface area contributed by atoms with E-state index in [9.17, 15) is 14.9 Å². The number of nitro groups is 1. The van der Waals surface area contributed by atoms with E-state index in [4.69, 9.17) is 4.74 Å². The van der Waals surface area contributed by atoms with Crippen molar-refractivity contribution < 1.29 is 14.5 Å². The molecule has 1 aromatic heterocycles. The van der Waals surface area contributed by atoms with Crippen LogP contribution in [0, 0.1) is 10.1 Å². The molecule has 2 heterocycles. The van der Waals surface area contributed by atoms with Crippen molar-refractivity contribution in [1.29, 1.82) is 0 Å². The predicted molar refractivity (Wildman–Crippen MR) is 101 cm³/mol. The summed E-state index contributed by atoms with van der Waals surface area (Å²) in [5.74, 6) is 0.122. The Hall–Kier alpha value is -3.23. The molecule has 1 aliphatic heterocycles. The van der Waals surface area contributed by atoms with Crippen LogP contribution >= 0.6 is 0 Å². The van der Waals surface area contributed by atoms with Crippen molar-refractivity contribution >= 4 is 17.6 Å². The summed E-state index contributed by atoms with van der Waals surface area (Å²) in [5.41, 5.74) is 1.78. The number of allylic oxidation sites excluding steroid dienone is 1. The van der Waals surface area contributed by atoms with Crippen LogP contribution in [-0.2, 0) is 9.53 Å². The lowest BCUT2D eigenvalue weighted by Gasteiger charge is -2.30. The van der Waals surface area contributed by atoms with Gasteiger partial charge in [-0.1, -0.05) is 6.42 Å². The SMILES string of the molecule is CC1=C(C(=O)OC2CCCCC2)C(c2ccc([N+](=O)[O-])cc2)n2ncnc2N1. The van der Waals surface area contributed by atoms with E-state index in [1.807, 2.05) is 0 Å². The Kier molecular flexibility index (Phi) is 4.81. The minimum atomic E-state index is -0.560. The Labute approximate surface area is 161 Å². The number of carbonyl (C=O) groups excluding carboxylic acids is 1. The van der Waals surface area contributed by atoms with Gasteiger partial charge in [0.2, 0.25) is 5.95 Å². The van der Waals surface area contributed by atoms with E-state index >= 15 is 0 Å². The highest BCUT2D eigenvalue weighted by atomic mass is 16.6. The number of hydrogen-bond acceptors (Lipinski definition) is 7. The highest BCUT2D eigenvalue weighted by Gasteiger charge is 2.35. The molecule has 1 fully saturated rings. The highest BCUT2D eigenvalue weighted by Crippen LogP contribution is 2.36. The van der Waals surface area contributed by atoms with Gasteiger partial charge in [-0.25, -0.2) is 9.48 Å². The zero-order valence-electron chi connectivity index (χ0n) is 15.5. The molecule has 146 valence electrons. The van der Waals surface area contributed by atoms with E-state index in [1.54, 1.807) is 23.7 Å². The van der Waals surface area contributed by atoms with Crippen LogP contribution in [-0.4, -0.2) is 31.8 Å². The standard InChI is InChI=1S/C19H21N5O4/c1-12-16(18(25)28-15-5-3-2-4-6-15)17(23-19(22-12)20-11-21-23)13-7-9-14(10-8-13)24(26)27/h7-11,15,17H,2-6H2,1H3,(H,20,21,22). The number of benzene rings is 1. The molecule has 0 radical (unpaired) electrons. The van der Waals surface area contributed by atoms with E-state index in [0.29, 0.717) is 22.8 Å². The normalized spacial score (nSPS) is 19.7. The summed E-state index contributed by atoms with van der Waals surface area (Å²) >= 11 is 0. The van der Waals surface area contributed by atoms with Gasteiger partial charge in [-0.3, -0.25) is 10.1 Å². The maximum Gasteiger partial charge on any atom is 0.338 e. The molecule has 0 saturated heterocycles. The molecule has 1 aliphatic carbocycles. The van der Waals surface area contributed by atoms with E-state index in [1.165, 1.54) is 24.9 Å². The van der Waals surface area contributed by atoms with Crippen LogP contribution < -0.4 is 5.32 Å². The number of nitro benzene ring substituents is 1. The zero-order valence-corrected chi connectivity index (χ0v) is 15.5. The van der Waals surface area contributed by atoms with Gasteiger partial charge in [0.25, 0.3) is 5.69 Å². The predicted octanol–water partition coefficient (Wildman–Crippen LogP) is 3.35. The zero-order chi connectivity index (χ0) is 19.7. The van der Waals surface area contributed by atoms with Gasteiger partial charge in [0, 0.05) is 17.8 Å². The van der Waals surface area contributed by atoms with Crippen molar-refractivity contribution in [1.82, 2.24) is 14.8 Å². The van der Waals surface area contributed by atoms with Gasteiger partial charge in [-0.2, -0.15) is 10.1 Å². The fraction of sp³-hybridized carbons (Fsp3) is 0.421. The average molecular weight is 383 g/mol. The average Bonchev–Trinajstić information content (AvgIpc) is 3.15. The largest absolute Gasteiger partial charge is 0.459 e. The second-order valence-corrected chi connectivity index (χ2v) is 7.11. The number of anilines is 1. The molecule has 0 bridgehead atoms. The number of ether oxygens (including phenoxy) is 1. The van der Waals surface area contributed by atoms with Crippen LogP contribution in [0.15, 0.2) is 41.9 Å². The molecule has 9 heteroatoms. The number of nitrogens with zero attached hydrogens (tertiary/aromatic N) is 4. The quantitative estimate of drug-likeness (QED) is 0.489. The van der Waals surface area contributed by atoms with Gasteiger partial charge in [0.15, 0.2) is 0 Å². The van der Waals surface area contributed by atoms with Crippen LogP contribution in [0.3, 0.4) is 0 Å². The second-order valence-electron chi connectivity index (χ2n) is 7.11. The van der Waals surface area contributed by atoms with Crippen LogP contribution in [0.1, 0.15) is 50.6 Å². The number of rotatable bonds is 4. The molecule has 1 saturated carbocycles. The van der Waals surface area contributed by atoms with E-state index < -0.39 is 11.0 Å². The Bertz CT molecular complexity index is 928. The molecule has 0 spiro atoms. The number of fused-ring (bicyclic) bond motifs is 1. The first-order valence-corrected chi connectivity index (χ1v) is 9.37. The first kappa shape index (κ1) is 18.1. The summed E-state index contributed by atoms with van der Waals surface area (Å²) in [4.78, 5) is 27.8. The molecule has 28 heavy (non-hydrogen) atoms. The van der Waals surface area contributed by atoms with Crippen molar-refractivity contribution in [3.8, 4) is 0 Å². The van der Waals surface area contributed by atoms with Crippen molar-refractivity contribution in [2.24, 2.45) is 0 Å². The van der Waals surface area contributed by atoms with E-state index in [-0.39, 0.29) is 17.8 Å². The molecule has 1 unspecified atom stereocenters. The molecule has 2 aromatic rings. The summed E-state index contributed by atoms with van der Waals surface area (Å²) in [6, 6.07) is 5.57. The van der Waals surface area contributed by atoms with Crippen LogP contribution in [0.4, 0.5) is 11.6 Å². The Balaban J connectivity index is 1.69. The van der Waals surface area contributed by atoms with Gasteiger partial charge in [0.1, 0.15) is 18.5 Å². The maximum absolute atomic E-state index is 13.1. The van der Waals surface area contributed by atoms with Crippen LogP contribution in [0.25, 0.3) is 0 Å². The van der Waals surface area contributed by atoms with E-state index in [2.05, 4.69) is 15.4 Å². The molecule has 1 atom stereocenters. The summed E-state index contributed by atoms with van der Waals surface area (Å²) in [6.45, 7) is 1.80. The van der Waals surface area contributed by atoms with Crippen molar-refractivity contribution in [3.63, 3.8) is 0 Å². The summed E-state index contributed by atoms with van der Waals surface area (Å²) in [6.07, 6.45) is 6.38. The topological polar surface area (TPSA) is 112 Å². The summed E-state index contributed by atoms with van der Waals surface area (Å²) in [5, 5.41) is 18.3. The first-order valence-electron chi connectivity index (χ1n) is 9.37. The lowest BCUT2D eigenvalue weighted by Crippen LogP contribution is -2.32. The number of carbonyl (C=O) groups is 1. The minimum absolute atomic E-state index is 0.0106. The monoisotopic (exact) mass is 383 g/mol. The third-order valence-electron chi connectivity index (χ3n) is 5.26. The summed E-state index contributed by atoms with van der Waals surface area (Å²) < 4.78 is 7.40. The van der Waals surface area contributed by atoms with Gasteiger partial charge in [-0.05, 0) is 50.3 Å². The number of aromatic nitrogens is 3. The van der Waals surface area contributed by atoms with Crippen LogP contribution in [0.5, 0.6) is 0 Å². The molecular formula is C19H21N5O4. The smallest absolute Gasteiger partial charge is 0.338 e. The van der Waals surface area contributed by atoms with Gasteiger partial charge >= 0.3 is 5.97 Å². The number of hydrogen-bond donors (Lipinski definition) is 1. The first-order chi connectivity index (χ1) is 13.5. The molecule has 9 nitrogen and oxygen atoms in total. The van der Waals surface area contributed by atoms with Crippen molar-refractivity contribution in [3.05, 3.63) is 57.5 Å². The third kappa shape index (κ3) is 3.35. The lowest BCUT2D eigenvalue weighted by molar-refractivity contribution is -0.384. The number of esters is 1. The molecule has 4 rings (SSSR count). The Morgan fingerprint density at radius 2 is 1.96 bits per heavy atom. The second kappa shape index (κ2) is 7.41. The van der Waals surface area contributed by atoms with Gasteiger partial charge in [0.05, 0.1) is 10.5 Å². The molecular weight excluding hydrogens is 362 g/mol. The van der Waals surface area contributed by atoms with Crippen molar-refractivity contribution in [2.45, 2.75) is 51.2 Å². The van der Waals surface area contributed by atoms with Crippen molar-refractivity contribution in [2.75, 3.05) is 5.32 Å². The third-order valence-corrected chi connectivity index (χ3v) is 5.26. The van der Waals surface area contributed by atoms with Crippen LogP contribution in [0.2, 0.25) is 0 Å².